The summed E-state index contributed by atoms with van der Waals surface area (Å²) in [5.74, 6) is -1.16. The molecule has 1 aromatic heterocycles. The van der Waals surface area contributed by atoms with Crippen LogP contribution in [-0.4, -0.2) is 34.1 Å². The smallest absolute Gasteiger partial charge is 0.308 e. The molecule has 6 heteroatoms. The fourth-order valence-corrected chi connectivity index (χ4v) is 3.69. The summed E-state index contributed by atoms with van der Waals surface area (Å²) in [7, 11) is 0. The Labute approximate surface area is 116 Å². The van der Waals surface area contributed by atoms with Crippen LogP contribution in [0.15, 0.2) is 12.4 Å². The molecule has 2 fully saturated rings. The second-order valence-electron chi connectivity index (χ2n) is 5.90. The highest BCUT2D eigenvalue weighted by Crippen LogP contribution is 2.48. The maximum absolute atomic E-state index is 12.9. The summed E-state index contributed by atoms with van der Waals surface area (Å²) < 4.78 is 12.9. The third-order valence-electron chi connectivity index (χ3n) is 4.68. The predicted molar refractivity (Wildman–Crippen MR) is 70.8 cm³/mol. The van der Waals surface area contributed by atoms with Gasteiger partial charge < -0.3 is 10.0 Å². The van der Waals surface area contributed by atoms with Crippen LogP contribution in [0.3, 0.4) is 0 Å². The van der Waals surface area contributed by atoms with Crippen molar-refractivity contribution in [2.24, 2.45) is 11.3 Å². The maximum Gasteiger partial charge on any atom is 0.308 e. The van der Waals surface area contributed by atoms with Gasteiger partial charge in [0.15, 0.2) is 5.82 Å². The monoisotopic (exact) mass is 279 g/mol. The molecule has 0 amide bonds. The minimum atomic E-state index is -0.739. The second-order valence-corrected chi connectivity index (χ2v) is 5.90. The molecule has 0 bridgehead atoms. The Hall–Kier alpha value is -1.72. The minimum Gasteiger partial charge on any atom is -0.481 e. The third kappa shape index (κ3) is 2.23. The van der Waals surface area contributed by atoms with E-state index in [4.69, 9.17) is 0 Å². The Morgan fingerprint density at radius 3 is 2.55 bits per heavy atom. The quantitative estimate of drug-likeness (QED) is 0.898. The second kappa shape index (κ2) is 5.00. The molecule has 0 radical (unpaired) electrons. The average Bonchev–Trinajstić information content (AvgIpc) is 2.80. The minimum absolute atomic E-state index is 0.165. The van der Waals surface area contributed by atoms with Crippen molar-refractivity contribution >= 4 is 11.9 Å². The Morgan fingerprint density at radius 1 is 1.30 bits per heavy atom. The standard InChI is InChI=1S/C14H18FN3O2/c15-10-6-16-13(17-7-10)18-8-11(12(19)20)14(9-18)4-2-1-3-5-14/h6-7,11H,1-5,8-9H2,(H,19,20). The van der Waals surface area contributed by atoms with Crippen LogP contribution in [-0.2, 0) is 4.79 Å². The van der Waals surface area contributed by atoms with E-state index in [-0.39, 0.29) is 11.3 Å². The summed E-state index contributed by atoms with van der Waals surface area (Å²) >= 11 is 0. The van der Waals surface area contributed by atoms with Crippen molar-refractivity contribution in [1.29, 1.82) is 0 Å². The summed E-state index contributed by atoms with van der Waals surface area (Å²) in [4.78, 5) is 21.4. The van der Waals surface area contributed by atoms with E-state index >= 15 is 0 Å². The molecule has 108 valence electrons. The van der Waals surface area contributed by atoms with Crippen LogP contribution in [0.5, 0.6) is 0 Å². The number of rotatable bonds is 2. The highest BCUT2D eigenvalue weighted by atomic mass is 19.1. The van der Waals surface area contributed by atoms with E-state index in [1.165, 1.54) is 6.42 Å². The number of halogens is 1. The fraction of sp³-hybridized carbons (Fsp3) is 0.643. The lowest BCUT2D eigenvalue weighted by Gasteiger charge is -2.36. The van der Waals surface area contributed by atoms with Crippen molar-refractivity contribution in [2.45, 2.75) is 32.1 Å². The van der Waals surface area contributed by atoms with Crippen molar-refractivity contribution in [3.05, 3.63) is 18.2 Å². The number of carbonyl (C=O) groups is 1. The lowest BCUT2D eigenvalue weighted by molar-refractivity contribution is -0.145. The van der Waals surface area contributed by atoms with Gasteiger partial charge in [0.25, 0.3) is 0 Å². The molecule has 1 atom stereocenters. The summed E-state index contributed by atoms with van der Waals surface area (Å²) in [6.07, 6.45) is 7.50. The Kier molecular flexibility index (Phi) is 3.31. The number of aromatic nitrogens is 2. The molecule has 2 aliphatic rings. The fourth-order valence-electron chi connectivity index (χ4n) is 3.69. The van der Waals surface area contributed by atoms with E-state index in [0.717, 1.165) is 38.1 Å². The summed E-state index contributed by atoms with van der Waals surface area (Å²) in [5.41, 5.74) is -0.165. The number of hydrogen-bond acceptors (Lipinski definition) is 4. The van der Waals surface area contributed by atoms with E-state index in [9.17, 15) is 14.3 Å². The molecule has 3 rings (SSSR count). The van der Waals surface area contributed by atoms with Crippen LogP contribution in [0.4, 0.5) is 10.3 Å². The summed E-state index contributed by atoms with van der Waals surface area (Å²) in [5, 5.41) is 9.51. The van der Waals surface area contributed by atoms with Gasteiger partial charge in [0, 0.05) is 18.5 Å². The predicted octanol–water partition coefficient (Wildman–Crippen LogP) is 2.09. The molecule has 20 heavy (non-hydrogen) atoms. The molecule has 1 aromatic rings. The molecule has 1 saturated carbocycles. The summed E-state index contributed by atoms with van der Waals surface area (Å²) in [6.45, 7) is 1.08. The Bertz CT molecular complexity index is 500. The van der Waals surface area contributed by atoms with Crippen LogP contribution < -0.4 is 4.90 Å². The zero-order chi connectivity index (χ0) is 14.2. The zero-order valence-corrected chi connectivity index (χ0v) is 11.3. The van der Waals surface area contributed by atoms with Gasteiger partial charge in [-0.05, 0) is 12.8 Å². The van der Waals surface area contributed by atoms with E-state index in [1.54, 1.807) is 0 Å². The third-order valence-corrected chi connectivity index (χ3v) is 4.68. The molecular formula is C14H18FN3O2. The molecule has 1 spiro atoms. The first-order chi connectivity index (χ1) is 9.61. The Balaban J connectivity index is 1.86. The van der Waals surface area contributed by atoms with E-state index < -0.39 is 11.8 Å². The molecule has 0 aromatic carbocycles. The molecule has 2 heterocycles. The van der Waals surface area contributed by atoms with Crippen molar-refractivity contribution in [2.75, 3.05) is 18.0 Å². The highest BCUT2D eigenvalue weighted by Gasteiger charge is 2.50. The molecular weight excluding hydrogens is 261 g/mol. The zero-order valence-electron chi connectivity index (χ0n) is 11.3. The first kappa shape index (κ1) is 13.3. The molecule has 5 nitrogen and oxygen atoms in total. The number of anilines is 1. The van der Waals surface area contributed by atoms with Crippen LogP contribution in [0.2, 0.25) is 0 Å². The number of carboxylic acid groups (broad SMARTS) is 1. The van der Waals surface area contributed by atoms with Crippen molar-refractivity contribution in [3.63, 3.8) is 0 Å². The van der Waals surface area contributed by atoms with Crippen molar-refractivity contribution < 1.29 is 14.3 Å². The van der Waals surface area contributed by atoms with Gasteiger partial charge in [0.2, 0.25) is 5.95 Å². The number of aliphatic carboxylic acids is 1. The average molecular weight is 279 g/mol. The molecule has 1 aliphatic carbocycles. The van der Waals surface area contributed by atoms with Gasteiger partial charge in [0.05, 0.1) is 18.3 Å². The molecule has 1 unspecified atom stereocenters. The van der Waals surface area contributed by atoms with E-state index in [1.807, 2.05) is 4.90 Å². The summed E-state index contributed by atoms with van der Waals surface area (Å²) in [6, 6.07) is 0. The maximum atomic E-state index is 12.9. The molecule has 1 N–H and O–H groups in total. The van der Waals surface area contributed by atoms with Gasteiger partial charge in [-0.15, -0.1) is 0 Å². The van der Waals surface area contributed by atoms with E-state index in [2.05, 4.69) is 9.97 Å². The SMILES string of the molecule is O=C(O)C1CN(c2ncc(F)cn2)CC12CCCCC2. The number of carboxylic acids is 1. The number of nitrogens with zero attached hydrogens (tertiary/aromatic N) is 3. The molecule has 1 aliphatic heterocycles. The van der Waals surface area contributed by atoms with Gasteiger partial charge in [-0.25, -0.2) is 14.4 Å². The van der Waals surface area contributed by atoms with E-state index in [0.29, 0.717) is 19.0 Å². The highest BCUT2D eigenvalue weighted by molar-refractivity contribution is 5.73. The van der Waals surface area contributed by atoms with Crippen molar-refractivity contribution in [1.82, 2.24) is 9.97 Å². The topological polar surface area (TPSA) is 66.3 Å². The van der Waals surface area contributed by atoms with Gasteiger partial charge in [-0.1, -0.05) is 19.3 Å². The van der Waals surface area contributed by atoms with Crippen LogP contribution >= 0.6 is 0 Å². The van der Waals surface area contributed by atoms with Crippen LogP contribution in [0, 0.1) is 17.2 Å². The number of hydrogen-bond donors (Lipinski definition) is 1. The largest absolute Gasteiger partial charge is 0.481 e. The Morgan fingerprint density at radius 2 is 1.95 bits per heavy atom. The lowest BCUT2D eigenvalue weighted by atomic mass is 9.68. The van der Waals surface area contributed by atoms with Crippen LogP contribution in [0.25, 0.3) is 0 Å². The van der Waals surface area contributed by atoms with Crippen molar-refractivity contribution in [3.8, 4) is 0 Å². The lowest BCUT2D eigenvalue weighted by Crippen LogP contribution is -2.36. The van der Waals surface area contributed by atoms with Gasteiger partial charge in [-0.3, -0.25) is 4.79 Å². The van der Waals surface area contributed by atoms with Gasteiger partial charge in [0.1, 0.15) is 0 Å². The molecule has 1 saturated heterocycles. The van der Waals surface area contributed by atoms with Crippen LogP contribution in [0.1, 0.15) is 32.1 Å². The normalized spacial score (nSPS) is 25.1. The van der Waals surface area contributed by atoms with Gasteiger partial charge in [-0.2, -0.15) is 0 Å². The first-order valence-corrected chi connectivity index (χ1v) is 7.06. The first-order valence-electron chi connectivity index (χ1n) is 7.06. The van der Waals surface area contributed by atoms with Gasteiger partial charge >= 0.3 is 5.97 Å².